The van der Waals surface area contributed by atoms with Gasteiger partial charge in [-0.2, -0.15) is 0 Å². The lowest BCUT2D eigenvalue weighted by Gasteiger charge is -2.28. The van der Waals surface area contributed by atoms with Crippen molar-refractivity contribution in [3.8, 4) is 0 Å². The molecule has 1 saturated heterocycles. The van der Waals surface area contributed by atoms with Gasteiger partial charge in [0.1, 0.15) is 5.02 Å². The number of rotatable bonds is 4. The second kappa shape index (κ2) is 5.53. The molecule has 0 bridgehead atoms. The van der Waals surface area contributed by atoms with Gasteiger partial charge in [-0.25, -0.2) is 13.1 Å². The van der Waals surface area contributed by atoms with Crippen LogP contribution in [0.2, 0.25) is 5.02 Å². The molecule has 2 rings (SSSR count). The Kier molecular flexibility index (Phi) is 4.25. The van der Waals surface area contributed by atoms with Crippen LogP contribution in [-0.2, 0) is 14.8 Å². The minimum Gasteiger partial charge on any atom is -0.376 e. The van der Waals surface area contributed by atoms with Crippen molar-refractivity contribution in [2.24, 2.45) is 0 Å². The van der Waals surface area contributed by atoms with Crippen LogP contribution in [0.1, 0.15) is 20.3 Å². The van der Waals surface area contributed by atoms with E-state index in [0.717, 1.165) is 6.07 Å². The molecule has 1 fully saturated rings. The number of nitro groups is 1. The highest BCUT2D eigenvalue weighted by Gasteiger charge is 2.40. The second-order valence-electron chi connectivity index (χ2n) is 5.16. The maximum absolute atomic E-state index is 12.4. The molecule has 1 aliphatic rings. The Morgan fingerprint density at radius 1 is 1.52 bits per heavy atom. The van der Waals surface area contributed by atoms with Crippen molar-refractivity contribution in [3.05, 3.63) is 33.3 Å². The highest BCUT2D eigenvalue weighted by molar-refractivity contribution is 7.89. The van der Waals surface area contributed by atoms with Crippen LogP contribution in [0.4, 0.5) is 5.69 Å². The molecular formula is C12H15ClN2O5S. The Morgan fingerprint density at radius 2 is 2.19 bits per heavy atom. The van der Waals surface area contributed by atoms with Crippen LogP contribution in [-0.4, -0.2) is 31.6 Å². The molecule has 0 spiro atoms. The molecule has 1 N–H and O–H groups in total. The lowest BCUT2D eigenvalue weighted by Crippen LogP contribution is -2.50. The number of benzene rings is 1. The van der Waals surface area contributed by atoms with Gasteiger partial charge in [-0.05, 0) is 32.4 Å². The zero-order valence-corrected chi connectivity index (χ0v) is 13.1. The number of hydrogen-bond acceptors (Lipinski definition) is 5. The fourth-order valence-corrected chi connectivity index (χ4v) is 3.83. The zero-order chi connectivity index (χ0) is 15.8. The Labute approximate surface area is 127 Å². The van der Waals surface area contributed by atoms with Crippen molar-refractivity contribution in [1.29, 1.82) is 0 Å². The van der Waals surface area contributed by atoms with E-state index in [1.165, 1.54) is 12.1 Å². The highest BCUT2D eigenvalue weighted by atomic mass is 35.5. The van der Waals surface area contributed by atoms with E-state index in [1.54, 1.807) is 13.8 Å². The lowest BCUT2D eigenvalue weighted by molar-refractivity contribution is -0.384. The Bertz CT molecular complexity index is 678. The van der Waals surface area contributed by atoms with Crippen LogP contribution in [0.5, 0.6) is 0 Å². The Balaban J connectivity index is 2.36. The highest BCUT2D eigenvalue weighted by Crippen LogP contribution is 2.30. The molecular weight excluding hydrogens is 320 g/mol. The fraction of sp³-hybridized carbons (Fsp3) is 0.500. The molecule has 0 radical (unpaired) electrons. The van der Waals surface area contributed by atoms with E-state index in [-0.39, 0.29) is 16.0 Å². The fourth-order valence-electron chi connectivity index (χ4n) is 2.13. The molecule has 7 nitrogen and oxygen atoms in total. The summed E-state index contributed by atoms with van der Waals surface area (Å²) in [5, 5.41) is 10.7. The van der Waals surface area contributed by atoms with Gasteiger partial charge in [-0.3, -0.25) is 10.1 Å². The van der Waals surface area contributed by atoms with Crippen LogP contribution < -0.4 is 4.72 Å². The van der Waals surface area contributed by atoms with Gasteiger partial charge in [0.2, 0.25) is 10.0 Å². The van der Waals surface area contributed by atoms with Crippen molar-refractivity contribution in [3.63, 3.8) is 0 Å². The minimum absolute atomic E-state index is 0.109. The monoisotopic (exact) mass is 334 g/mol. The third-order valence-electron chi connectivity index (χ3n) is 3.68. The number of halogens is 1. The molecule has 0 aliphatic carbocycles. The van der Waals surface area contributed by atoms with Gasteiger partial charge >= 0.3 is 0 Å². The summed E-state index contributed by atoms with van der Waals surface area (Å²) in [6.07, 6.45) is 0.248. The van der Waals surface area contributed by atoms with Crippen molar-refractivity contribution >= 4 is 27.3 Å². The summed E-state index contributed by atoms with van der Waals surface area (Å²) >= 11 is 5.69. The third kappa shape index (κ3) is 3.18. The number of nitrogens with one attached hydrogen (secondary N) is 1. The van der Waals surface area contributed by atoms with Crippen LogP contribution in [0.3, 0.4) is 0 Å². The average Bonchev–Trinajstić information content (AvgIpc) is 2.68. The van der Waals surface area contributed by atoms with Crippen LogP contribution in [0.25, 0.3) is 0 Å². The van der Waals surface area contributed by atoms with Gasteiger partial charge in [0.15, 0.2) is 0 Å². The zero-order valence-electron chi connectivity index (χ0n) is 11.5. The molecule has 0 amide bonds. The van der Waals surface area contributed by atoms with Gasteiger partial charge in [0, 0.05) is 12.7 Å². The summed E-state index contributed by atoms with van der Waals surface area (Å²) in [5.74, 6) is 0. The Hall–Kier alpha value is -1.22. The smallest absolute Gasteiger partial charge is 0.289 e. The summed E-state index contributed by atoms with van der Waals surface area (Å²) in [7, 11) is -3.90. The average molecular weight is 335 g/mol. The quantitative estimate of drug-likeness (QED) is 0.671. The topological polar surface area (TPSA) is 98.5 Å². The molecule has 2 atom stereocenters. The maximum Gasteiger partial charge on any atom is 0.289 e. The molecule has 2 unspecified atom stereocenters. The van der Waals surface area contributed by atoms with Crippen molar-refractivity contribution in [2.45, 2.75) is 36.8 Å². The molecule has 1 aromatic carbocycles. The van der Waals surface area contributed by atoms with Gasteiger partial charge < -0.3 is 4.74 Å². The van der Waals surface area contributed by atoms with E-state index in [1.807, 2.05) is 0 Å². The van der Waals surface area contributed by atoms with E-state index in [2.05, 4.69) is 4.72 Å². The normalized spacial score (nSPS) is 26.0. The molecule has 9 heteroatoms. The van der Waals surface area contributed by atoms with E-state index >= 15 is 0 Å². The van der Waals surface area contributed by atoms with E-state index in [9.17, 15) is 18.5 Å². The molecule has 21 heavy (non-hydrogen) atoms. The predicted molar refractivity (Wildman–Crippen MR) is 76.9 cm³/mol. The summed E-state index contributed by atoms with van der Waals surface area (Å²) in [5.41, 5.74) is -1.19. The largest absolute Gasteiger partial charge is 0.376 e. The molecule has 1 aliphatic heterocycles. The SMILES string of the molecule is CC1OCCC1(C)NS(=O)(=O)c1ccc(Cl)c([N+](=O)[O-])c1. The minimum atomic E-state index is -3.90. The first kappa shape index (κ1) is 16.2. The van der Waals surface area contributed by atoms with Crippen molar-refractivity contribution in [1.82, 2.24) is 4.72 Å². The van der Waals surface area contributed by atoms with Crippen LogP contribution in [0, 0.1) is 10.1 Å². The van der Waals surface area contributed by atoms with Gasteiger partial charge in [0.05, 0.1) is 21.5 Å². The predicted octanol–water partition coefficient (Wildman–Crippen LogP) is 2.09. The Morgan fingerprint density at radius 3 is 2.71 bits per heavy atom. The summed E-state index contributed by atoms with van der Waals surface area (Å²) in [6, 6.07) is 3.39. The second-order valence-corrected chi connectivity index (χ2v) is 7.25. The number of sulfonamides is 1. The molecule has 0 aromatic heterocycles. The summed E-state index contributed by atoms with van der Waals surface area (Å²) in [4.78, 5) is 9.93. The number of ether oxygens (including phenoxy) is 1. The van der Waals surface area contributed by atoms with E-state index in [0.29, 0.717) is 13.0 Å². The number of nitrogens with zero attached hydrogens (tertiary/aromatic N) is 1. The maximum atomic E-state index is 12.4. The standard InChI is InChI=1S/C12H15ClN2O5S/c1-8-12(2,5-6-20-8)14-21(18,19)9-3-4-10(13)11(7-9)15(16)17/h3-4,7-8,14H,5-6H2,1-2H3. The first-order valence-electron chi connectivity index (χ1n) is 6.25. The first-order valence-corrected chi connectivity index (χ1v) is 8.11. The summed E-state index contributed by atoms with van der Waals surface area (Å²) in [6.45, 7) is 3.98. The number of hydrogen-bond donors (Lipinski definition) is 1. The van der Waals surface area contributed by atoms with Crippen LogP contribution >= 0.6 is 11.6 Å². The van der Waals surface area contributed by atoms with E-state index in [4.69, 9.17) is 16.3 Å². The third-order valence-corrected chi connectivity index (χ3v) is 5.61. The lowest BCUT2D eigenvalue weighted by atomic mass is 9.97. The number of nitro benzene ring substituents is 1. The van der Waals surface area contributed by atoms with Crippen molar-refractivity contribution < 1.29 is 18.1 Å². The summed E-state index contributed by atoms with van der Waals surface area (Å²) < 4.78 is 32.7. The molecule has 1 aromatic rings. The van der Waals surface area contributed by atoms with Crippen molar-refractivity contribution in [2.75, 3.05) is 6.61 Å². The van der Waals surface area contributed by atoms with Gasteiger partial charge in [0.25, 0.3) is 5.69 Å². The molecule has 116 valence electrons. The first-order chi connectivity index (χ1) is 9.66. The molecule has 0 saturated carbocycles. The van der Waals surface area contributed by atoms with Gasteiger partial charge in [-0.1, -0.05) is 11.6 Å². The van der Waals surface area contributed by atoms with E-state index < -0.39 is 26.2 Å². The van der Waals surface area contributed by atoms with Gasteiger partial charge in [-0.15, -0.1) is 0 Å². The van der Waals surface area contributed by atoms with Crippen LogP contribution in [0.15, 0.2) is 23.1 Å². The molecule has 1 heterocycles.